The zero-order valence-corrected chi connectivity index (χ0v) is 11.4. The second-order valence-electron chi connectivity index (χ2n) is 4.68. The first kappa shape index (κ1) is 13.6. The van der Waals surface area contributed by atoms with Crippen LogP contribution in [-0.2, 0) is 4.79 Å². The van der Waals surface area contributed by atoms with E-state index in [1.807, 2.05) is 12.1 Å². The number of nitriles is 1. The molecule has 1 aromatic carbocycles. The van der Waals surface area contributed by atoms with E-state index < -0.39 is 5.97 Å². The quantitative estimate of drug-likeness (QED) is 0.725. The molecule has 2 heterocycles. The van der Waals surface area contributed by atoms with E-state index in [9.17, 15) is 9.90 Å². The largest absolute Gasteiger partial charge is 0.478 e. The molecule has 0 unspecified atom stereocenters. The number of nitrogens with one attached hydrogen (secondary N) is 1. The SMILES string of the molecule is N#Cc1ccc2c(C=C(C(=O)O)c3ccccc3)c[nH]c2n1. The summed E-state index contributed by atoms with van der Waals surface area (Å²) in [6.45, 7) is 0. The summed E-state index contributed by atoms with van der Waals surface area (Å²) in [6.07, 6.45) is 3.29. The van der Waals surface area contributed by atoms with Gasteiger partial charge in [0.15, 0.2) is 0 Å². The van der Waals surface area contributed by atoms with Crippen molar-refractivity contribution in [2.45, 2.75) is 0 Å². The van der Waals surface area contributed by atoms with Gasteiger partial charge in [-0.15, -0.1) is 0 Å². The summed E-state index contributed by atoms with van der Waals surface area (Å²) in [6, 6.07) is 14.3. The van der Waals surface area contributed by atoms with Crippen LogP contribution in [0.3, 0.4) is 0 Å². The minimum absolute atomic E-state index is 0.200. The van der Waals surface area contributed by atoms with Gasteiger partial charge in [-0.3, -0.25) is 0 Å². The van der Waals surface area contributed by atoms with Crippen LogP contribution in [0.1, 0.15) is 16.8 Å². The first-order valence-corrected chi connectivity index (χ1v) is 6.57. The molecular formula is C17H11N3O2. The molecule has 22 heavy (non-hydrogen) atoms. The Morgan fingerprint density at radius 1 is 1.23 bits per heavy atom. The lowest BCUT2D eigenvalue weighted by molar-refractivity contribution is -0.130. The number of nitrogens with zero attached hydrogens (tertiary/aromatic N) is 2. The standard InChI is InChI=1S/C17H11N3O2/c18-9-13-6-7-14-12(10-19-16(14)20-13)8-15(17(21)22)11-4-2-1-3-5-11/h1-8,10H,(H,19,20)(H,21,22). The Morgan fingerprint density at radius 2 is 2.00 bits per heavy atom. The van der Waals surface area contributed by atoms with E-state index in [1.54, 1.807) is 48.7 Å². The van der Waals surface area contributed by atoms with E-state index >= 15 is 0 Å². The van der Waals surface area contributed by atoms with Gasteiger partial charge in [0.1, 0.15) is 17.4 Å². The molecule has 0 radical (unpaired) electrons. The fraction of sp³-hybridized carbons (Fsp3) is 0. The summed E-state index contributed by atoms with van der Waals surface area (Å²) in [5.41, 5.74) is 2.42. The maximum absolute atomic E-state index is 11.5. The van der Waals surface area contributed by atoms with Crippen molar-refractivity contribution in [1.29, 1.82) is 5.26 Å². The molecule has 0 fully saturated rings. The molecule has 3 rings (SSSR count). The molecular weight excluding hydrogens is 278 g/mol. The topological polar surface area (TPSA) is 89.8 Å². The molecule has 0 atom stereocenters. The molecule has 0 aliphatic rings. The average Bonchev–Trinajstić information content (AvgIpc) is 2.95. The first-order chi connectivity index (χ1) is 10.7. The molecule has 0 bridgehead atoms. The van der Waals surface area contributed by atoms with E-state index in [-0.39, 0.29) is 5.57 Å². The maximum atomic E-state index is 11.5. The number of aromatic amines is 1. The molecule has 106 valence electrons. The number of carboxylic acid groups (broad SMARTS) is 1. The van der Waals surface area contributed by atoms with Gasteiger partial charge in [-0.2, -0.15) is 5.26 Å². The van der Waals surface area contributed by atoms with Crippen LogP contribution in [0, 0.1) is 11.3 Å². The van der Waals surface area contributed by atoms with Gasteiger partial charge in [0.2, 0.25) is 0 Å². The number of fused-ring (bicyclic) bond motifs is 1. The van der Waals surface area contributed by atoms with Crippen LogP contribution in [-0.4, -0.2) is 21.0 Å². The number of benzene rings is 1. The normalized spacial score (nSPS) is 11.3. The van der Waals surface area contributed by atoms with Gasteiger partial charge in [0.25, 0.3) is 0 Å². The Kier molecular flexibility index (Phi) is 3.42. The van der Waals surface area contributed by atoms with E-state index in [0.717, 1.165) is 5.39 Å². The summed E-state index contributed by atoms with van der Waals surface area (Å²) in [7, 11) is 0. The fourth-order valence-corrected chi connectivity index (χ4v) is 2.25. The van der Waals surface area contributed by atoms with Crippen LogP contribution in [0.2, 0.25) is 0 Å². The summed E-state index contributed by atoms with van der Waals surface area (Å²) in [4.78, 5) is 18.6. The van der Waals surface area contributed by atoms with E-state index in [4.69, 9.17) is 5.26 Å². The first-order valence-electron chi connectivity index (χ1n) is 6.57. The Bertz CT molecular complexity index is 918. The third kappa shape index (κ3) is 2.45. The lowest BCUT2D eigenvalue weighted by Crippen LogP contribution is -1.99. The maximum Gasteiger partial charge on any atom is 0.336 e. The van der Waals surface area contributed by atoms with E-state index in [0.29, 0.717) is 22.5 Å². The highest BCUT2D eigenvalue weighted by Crippen LogP contribution is 2.23. The van der Waals surface area contributed by atoms with Crippen LogP contribution < -0.4 is 0 Å². The highest BCUT2D eigenvalue weighted by molar-refractivity contribution is 6.21. The number of carbonyl (C=O) groups is 1. The van der Waals surface area contributed by atoms with Crippen molar-refractivity contribution >= 4 is 28.7 Å². The Morgan fingerprint density at radius 3 is 2.68 bits per heavy atom. The second-order valence-corrected chi connectivity index (χ2v) is 4.68. The van der Waals surface area contributed by atoms with Crippen molar-refractivity contribution in [2.24, 2.45) is 0 Å². The van der Waals surface area contributed by atoms with E-state index in [2.05, 4.69) is 9.97 Å². The molecule has 5 heteroatoms. The molecule has 5 nitrogen and oxygen atoms in total. The van der Waals surface area contributed by atoms with Crippen molar-refractivity contribution in [3.63, 3.8) is 0 Å². The van der Waals surface area contributed by atoms with Crippen molar-refractivity contribution in [3.8, 4) is 6.07 Å². The van der Waals surface area contributed by atoms with Crippen LogP contribution >= 0.6 is 0 Å². The van der Waals surface area contributed by atoms with Gasteiger partial charge in [-0.25, -0.2) is 9.78 Å². The minimum Gasteiger partial charge on any atom is -0.478 e. The zero-order chi connectivity index (χ0) is 15.5. The molecule has 0 aliphatic heterocycles. The summed E-state index contributed by atoms with van der Waals surface area (Å²) in [5.74, 6) is -0.998. The molecule has 2 N–H and O–H groups in total. The third-order valence-electron chi connectivity index (χ3n) is 3.30. The summed E-state index contributed by atoms with van der Waals surface area (Å²) >= 11 is 0. The lowest BCUT2D eigenvalue weighted by Gasteiger charge is -2.02. The number of H-pyrrole nitrogens is 1. The van der Waals surface area contributed by atoms with Crippen molar-refractivity contribution in [1.82, 2.24) is 9.97 Å². The van der Waals surface area contributed by atoms with Gasteiger partial charge in [0, 0.05) is 17.1 Å². The number of carboxylic acids is 1. The average molecular weight is 289 g/mol. The molecule has 0 aliphatic carbocycles. The van der Waals surface area contributed by atoms with Crippen LogP contribution in [0.15, 0.2) is 48.7 Å². The minimum atomic E-state index is -0.998. The molecule has 0 spiro atoms. The number of rotatable bonds is 3. The highest BCUT2D eigenvalue weighted by atomic mass is 16.4. The Hall–Kier alpha value is -3.39. The fourth-order valence-electron chi connectivity index (χ4n) is 2.25. The predicted molar refractivity (Wildman–Crippen MR) is 82.8 cm³/mol. The number of aromatic nitrogens is 2. The molecule has 0 saturated carbocycles. The number of hydrogen-bond donors (Lipinski definition) is 2. The zero-order valence-electron chi connectivity index (χ0n) is 11.4. The van der Waals surface area contributed by atoms with Crippen molar-refractivity contribution in [2.75, 3.05) is 0 Å². The monoisotopic (exact) mass is 289 g/mol. The third-order valence-corrected chi connectivity index (χ3v) is 3.30. The second kappa shape index (κ2) is 5.54. The smallest absolute Gasteiger partial charge is 0.336 e. The molecule has 3 aromatic rings. The number of pyridine rings is 1. The van der Waals surface area contributed by atoms with Crippen LogP contribution in [0.5, 0.6) is 0 Å². The van der Waals surface area contributed by atoms with Crippen LogP contribution in [0.4, 0.5) is 0 Å². The van der Waals surface area contributed by atoms with Crippen molar-refractivity contribution in [3.05, 3.63) is 65.5 Å². The number of hydrogen-bond acceptors (Lipinski definition) is 3. The van der Waals surface area contributed by atoms with Crippen LogP contribution in [0.25, 0.3) is 22.7 Å². The predicted octanol–water partition coefficient (Wildman–Crippen LogP) is 3.06. The van der Waals surface area contributed by atoms with Crippen molar-refractivity contribution < 1.29 is 9.90 Å². The van der Waals surface area contributed by atoms with Gasteiger partial charge < -0.3 is 10.1 Å². The lowest BCUT2D eigenvalue weighted by atomic mass is 10.0. The Balaban J connectivity index is 2.14. The molecule has 2 aromatic heterocycles. The summed E-state index contributed by atoms with van der Waals surface area (Å²) in [5, 5.41) is 19.1. The Labute approximate surface area is 126 Å². The molecule has 0 amide bonds. The van der Waals surface area contributed by atoms with Gasteiger partial charge in [-0.05, 0) is 23.8 Å². The highest BCUT2D eigenvalue weighted by Gasteiger charge is 2.12. The number of aliphatic carboxylic acids is 1. The summed E-state index contributed by atoms with van der Waals surface area (Å²) < 4.78 is 0. The van der Waals surface area contributed by atoms with Gasteiger partial charge >= 0.3 is 5.97 Å². The molecule has 0 saturated heterocycles. The van der Waals surface area contributed by atoms with Gasteiger partial charge in [0.05, 0.1) is 5.57 Å². The van der Waals surface area contributed by atoms with Gasteiger partial charge in [-0.1, -0.05) is 30.3 Å². The van der Waals surface area contributed by atoms with E-state index in [1.165, 1.54) is 0 Å².